The van der Waals surface area contributed by atoms with Crippen molar-refractivity contribution in [3.05, 3.63) is 36.0 Å². The summed E-state index contributed by atoms with van der Waals surface area (Å²) >= 11 is 0. The summed E-state index contributed by atoms with van der Waals surface area (Å²) in [4.78, 5) is 13.3. The Morgan fingerprint density at radius 1 is 0.980 bits per heavy atom. The van der Waals surface area contributed by atoms with Crippen molar-refractivity contribution in [1.82, 2.24) is 0 Å². The molecule has 13 atom stereocenters. The van der Waals surface area contributed by atoms with Crippen molar-refractivity contribution in [2.75, 3.05) is 19.8 Å². The van der Waals surface area contributed by atoms with E-state index in [9.17, 15) is 9.90 Å². The predicted octanol–water partition coefficient (Wildman–Crippen LogP) is 7.67. The first-order valence-corrected chi connectivity index (χ1v) is 19.1. The normalized spacial score (nSPS) is 31.8. The van der Waals surface area contributed by atoms with E-state index in [1.807, 2.05) is 99.6 Å². The van der Waals surface area contributed by atoms with Crippen LogP contribution in [0.25, 0.3) is 0 Å². The number of aliphatic hydroxyl groups is 1. The van der Waals surface area contributed by atoms with Gasteiger partial charge in [0.05, 0.1) is 42.5 Å². The zero-order valence-electron chi connectivity index (χ0n) is 33.1. The number of hydrogen-bond donors (Lipinski definition) is 1. The van der Waals surface area contributed by atoms with E-state index >= 15 is 0 Å². The highest BCUT2D eigenvalue weighted by Crippen LogP contribution is 2.40. The van der Waals surface area contributed by atoms with Gasteiger partial charge in [0.25, 0.3) is 0 Å². The van der Waals surface area contributed by atoms with Gasteiger partial charge in [-0.3, -0.25) is 4.79 Å². The molecule has 2 rings (SSSR count). The van der Waals surface area contributed by atoms with Crippen LogP contribution in [0.1, 0.15) is 115 Å². The zero-order valence-corrected chi connectivity index (χ0v) is 33.1. The van der Waals surface area contributed by atoms with Gasteiger partial charge in [0.2, 0.25) is 0 Å². The van der Waals surface area contributed by atoms with Gasteiger partial charge in [-0.05, 0) is 86.1 Å². The molecule has 2 aliphatic rings. The molecule has 0 radical (unpaired) electrons. The molecule has 2 heterocycles. The van der Waals surface area contributed by atoms with Crippen LogP contribution in [0, 0.1) is 17.8 Å². The standard InChI is InChI=1S/C40H70O10/c1-13-35(47-31(10)44-15-3)29(8)39-36(48-39)25-40(12,50-32(11)45-16-4)23-17-18-27(6)38-28(7)20-22-34(41)26(5)19-21-33(24-37(42)49-38)46-30(9)43-14-2/h17-18,20,22-23,26,28-36,38-39,41H,13-16,19,21,24-25H2,1-12H3/b22-20+,23-17+,27-18+. The van der Waals surface area contributed by atoms with E-state index in [1.165, 1.54) is 0 Å². The Morgan fingerprint density at radius 3 is 2.26 bits per heavy atom. The fraction of sp³-hybridized carbons (Fsp3) is 0.825. The molecule has 0 amide bonds. The Morgan fingerprint density at radius 2 is 1.62 bits per heavy atom. The number of ether oxygens (including phenoxy) is 8. The molecule has 50 heavy (non-hydrogen) atoms. The largest absolute Gasteiger partial charge is 0.457 e. The highest BCUT2D eigenvalue weighted by molar-refractivity contribution is 5.70. The Bertz CT molecular complexity index is 1060. The van der Waals surface area contributed by atoms with Crippen LogP contribution in [0.5, 0.6) is 0 Å². The van der Waals surface area contributed by atoms with Gasteiger partial charge in [-0.1, -0.05) is 58.1 Å². The number of rotatable bonds is 20. The van der Waals surface area contributed by atoms with Crippen molar-refractivity contribution in [2.24, 2.45) is 17.8 Å². The average molecular weight is 711 g/mol. The first kappa shape index (κ1) is 44.5. The monoisotopic (exact) mass is 710 g/mol. The number of aliphatic hydroxyl groups excluding tert-OH is 1. The van der Waals surface area contributed by atoms with Crippen molar-refractivity contribution in [2.45, 2.75) is 176 Å². The summed E-state index contributed by atoms with van der Waals surface area (Å²) in [6, 6.07) is 0. The van der Waals surface area contributed by atoms with Gasteiger partial charge in [0, 0.05) is 38.1 Å². The number of carbonyl (C=O) groups is 1. The summed E-state index contributed by atoms with van der Waals surface area (Å²) in [7, 11) is 0. The number of esters is 1. The molecular formula is C40H70O10. The Labute approximate surface area is 303 Å². The van der Waals surface area contributed by atoms with E-state index in [4.69, 9.17) is 37.9 Å². The third-order valence-corrected chi connectivity index (χ3v) is 9.65. The summed E-state index contributed by atoms with van der Waals surface area (Å²) in [6.07, 6.45) is 10.1. The zero-order chi connectivity index (χ0) is 37.4. The maximum atomic E-state index is 13.3. The molecule has 0 bridgehead atoms. The van der Waals surface area contributed by atoms with Gasteiger partial charge in [0.1, 0.15) is 6.10 Å². The first-order chi connectivity index (χ1) is 23.7. The van der Waals surface area contributed by atoms with Crippen LogP contribution >= 0.6 is 0 Å². The maximum absolute atomic E-state index is 13.3. The van der Waals surface area contributed by atoms with E-state index in [-0.39, 0.29) is 60.8 Å². The second-order valence-corrected chi connectivity index (χ2v) is 14.2. The lowest BCUT2D eigenvalue weighted by molar-refractivity contribution is -0.181. The van der Waals surface area contributed by atoms with Crippen molar-refractivity contribution in [3.8, 4) is 0 Å². The number of carbonyl (C=O) groups excluding carboxylic acids is 1. The van der Waals surface area contributed by atoms with E-state index in [1.54, 1.807) is 0 Å². The lowest BCUT2D eigenvalue weighted by Gasteiger charge is -2.30. The summed E-state index contributed by atoms with van der Waals surface area (Å²) < 4.78 is 48.0. The summed E-state index contributed by atoms with van der Waals surface area (Å²) in [5, 5.41) is 10.9. The van der Waals surface area contributed by atoms with Crippen LogP contribution in [0.15, 0.2) is 36.0 Å². The maximum Gasteiger partial charge on any atom is 0.309 e. The van der Waals surface area contributed by atoms with Crippen LogP contribution < -0.4 is 0 Å². The van der Waals surface area contributed by atoms with Gasteiger partial charge in [-0.25, -0.2) is 0 Å². The highest BCUT2D eigenvalue weighted by atomic mass is 16.7. The van der Waals surface area contributed by atoms with E-state index in [0.29, 0.717) is 39.1 Å². The topological polar surface area (TPSA) is 114 Å². The van der Waals surface area contributed by atoms with Gasteiger partial charge >= 0.3 is 5.97 Å². The third-order valence-electron chi connectivity index (χ3n) is 9.65. The lowest BCUT2D eigenvalue weighted by atomic mass is 9.90. The molecule has 1 saturated heterocycles. The predicted molar refractivity (Wildman–Crippen MR) is 195 cm³/mol. The molecule has 0 aromatic carbocycles. The molecule has 290 valence electrons. The van der Waals surface area contributed by atoms with Crippen LogP contribution in [0.4, 0.5) is 0 Å². The highest BCUT2D eigenvalue weighted by Gasteiger charge is 2.49. The lowest BCUT2D eigenvalue weighted by Crippen LogP contribution is -2.35. The molecule has 1 N–H and O–H groups in total. The SMILES string of the molecule is CCOC(C)OC1CCC(C)C(O)/C=C/C(C)C(/C(C)=C/C=C/C(C)(CC2OC2C(C)C(CC)OC(C)OCC)OC(C)OCC)OC(=O)C1. The van der Waals surface area contributed by atoms with Crippen molar-refractivity contribution < 1.29 is 47.8 Å². The molecule has 2 aliphatic heterocycles. The molecule has 1 fully saturated rings. The van der Waals surface area contributed by atoms with Crippen molar-refractivity contribution >= 4 is 5.97 Å². The molecule has 0 spiro atoms. The molecule has 0 saturated carbocycles. The van der Waals surface area contributed by atoms with Gasteiger partial charge in [0.15, 0.2) is 18.9 Å². The minimum atomic E-state index is -0.692. The molecule has 0 aromatic heterocycles. The third kappa shape index (κ3) is 15.5. The molecule has 13 unspecified atom stereocenters. The smallest absolute Gasteiger partial charge is 0.309 e. The van der Waals surface area contributed by atoms with Gasteiger partial charge in [-0.15, -0.1) is 0 Å². The summed E-state index contributed by atoms with van der Waals surface area (Å²) in [5.74, 6) is -0.307. The number of hydrogen-bond acceptors (Lipinski definition) is 10. The fourth-order valence-corrected chi connectivity index (χ4v) is 6.76. The van der Waals surface area contributed by atoms with Crippen molar-refractivity contribution in [1.29, 1.82) is 0 Å². The number of epoxide rings is 1. The minimum Gasteiger partial charge on any atom is -0.457 e. The van der Waals surface area contributed by atoms with Gasteiger partial charge < -0.3 is 43.0 Å². The molecular weight excluding hydrogens is 640 g/mol. The van der Waals surface area contributed by atoms with E-state index in [2.05, 4.69) is 13.8 Å². The summed E-state index contributed by atoms with van der Waals surface area (Å²) in [6.45, 7) is 25.5. The number of cyclic esters (lactones) is 1. The molecule has 10 heteroatoms. The van der Waals surface area contributed by atoms with E-state index < -0.39 is 30.4 Å². The second-order valence-electron chi connectivity index (χ2n) is 14.2. The first-order valence-electron chi connectivity index (χ1n) is 19.1. The fourth-order valence-electron chi connectivity index (χ4n) is 6.76. The molecule has 0 aromatic rings. The Hall–Kier alpha value is -1.63. The summed E-state index contributed by atoms with van der Waals surface area (Å²) in [5.41, 5.74) is 0.176. The van der Waals surface area contributed by atoms with Crippen LogP contribution in [0.2, 0.25) is 0 Å². The minimum absolute atomic E-state index is 0.00505. The van der Waals surface area contributed by atoms with Crippen LogP contribution in [0.3, 0.4) is 0 Å². The molecule has 0 aliphatic carbocycles. The van der Waals surface area contributed by atoms with Crippen molar-refractivity contribution in [3.63, 3.8) is 0 Å². The van der Waals surface area contributed by atoms with E-state index in [0.717, 1.165) is 12.0 Å². The number of allylic oxidation sites excluding steroid dienone is 2. The molecule has 10 nitrogen and oxygen atoms in total. The quantitative estimate of drug-likeness (QED) is 0.0444. The second kappa shape index (κ2) is 22.4. The Kier molecular flexibility index (Phi) is 20.0. The Balaban J connectivity index is 2.26. The van der Waals surface area contributed by atoms with Crippen LogP contribution in [-0.4, -0.2) is 92.0 Å². The van der Waals surface area contributed by atoms with Crippen LogP contribution in [-0.2, 0) is 42.7 Å². The average Bonchev–Trinajstić information content (AvgIpc) is 3.81. The van der Waals surface area contributed by atoms with Gasteiger partial charge in [-0.2, -0.15) is 0 Å².